The second-order valence-corrected chi connectivity index (χ2v) is 6.05. The first-order chi connectivity index (χ1) is 9.70. The Morgan fingerprint density at radius 3 is 1.65 bits per heavy atom. The molecule has 0 aromatic heterocycles. The van der Waals surface area contributed by atoms with E-state index in [0.29, 0.717) is 0 Å². The third-order valence-corrected chi connectivity index (χ3v) is 3.86. The van der Waals surface area contributed by atoms with Gasteiger partial charge in [0.1, 0.15) is 6.10 Å². The summed E-state index contributed by atoms with van der Waals surface area (Å²) in [5, 5.41) is 0. The van der Waals surface area contributed by atoms with Crippen LogP contribution in [0.25, 0.3) is 0 Å². The van der Waals surface area contributed by atoms with Crippen molar-refractivity contribution < 1.29 is 9.53 Å². The van der Waals surface area contributed by atoms with Crippen molar-refractivity contribution in [3.63, 3.8) is 0 Å². The van der Waals surface area contributed by atoms with Crippen molar-refractivity contribution in [2.75, 3.05) is 0 Å². The van der Waals surface area contributed by atoms with Gasteiger partial charge in [-0.05, 0) is 25.7 Å². The van der Waals surface area contributed by atoms with Crippen molar-refractivity contribution in [3.8, 4) is 0 Å². The second-order valence-electron chi connectivity index (χ2n) is 5.74. The first kappa shape index (κ1) is 19.8. The van der Waals surface area contributed by atoms with Gasteiger partial charge < -0.3 is 4.74 Å². The third kappa shape index (κ3) is 14.2. The number of rotatable bonds is 14. The summed E-state index contributed by atoms with van der Waals surface area (Å²) in [7, 11) is 0. The molecular weight excluding hydrogens is 272 g/mol. The van der Waals surface area contributed by atoms with E-state index in [4.69, 9.17) is 16.3 Å². The summed E-state index contributed by atoms with van der Waals surface area (Å²) in [6.07, 6.45) is 15.9. The van der Waals surface area contributed by atoms with Crippen molar-refractivity contribution in [2.24, 2.45) is 0 Å². The van der Waals surface area contributed by atoms with E-state index in [1.54, 1.807) is 0 Å². The van der Waals surface area contributed by atoms with E-state index in [-0.39, 0.29) is 6.10 Å². The Morgan fingerprint density at radius 2 is 1.20 bits per heavy atom. The highest BCUT2D eigenvalue weighted by Gasteiger charge is 2.12. The summed E-state index contributed by atoms with van der Waals surface area (Å²) in [5.41, 5.74) is -0.645. The average Bonchev–Trinajstić information content (AvgIpc) is 2.41. The molecule has 0 aromatic carbocycles. The van der Waals surface area contributed by atoms with Gasteiger partial charge in [-0.2, -0.15) is 0 Å². The fourth-order valence-electron chi connectivity index (χ4n) is 2.52. The van der Waals surface area contributed by atoms with Gasteiger partial charge in [-0.1, -0.05) is 71.6 Å². The normalized spacial score (nSPS) is 12.3. The molecule has 1 atom stereocenters. The molecule has 0 radical (unpaired) electrons. The van der Waals surface area contributed by atoms with E-state index in [2.05, 4.69) is 13.8 Å². The molecule has 0 saturated carbocycles. The lowest BCUT2D eigenvalue weighted by molar-refractivity contribution is 0.106. The van der Waals surface area contributed by atoms with Crippen LogP contribution in [0.3, 0.4) is 0 Å². The fourth-order valence-corrected chi connectivity index (χ4v) is 2.65. The summed E-state index contributed by atoms with van der Waals surface area (Å²) in [6.45, 7) is 4.44. The second kappa shape index (κ2) is 15.2. The van der Waals surface area contributed by atoms with E-state index >= 15 is 0 Å². The Balaban J connectivity index is 3.61. The van der Waals surface area contributed by atoms with E-state index < -0.39 is 5.43 Å². The standard InChI is InChI=1S/C17H33ClO2/c1-3-5-7-9-10-11-13-15-16(20-17(18)19)14-12-8-6-4-2/h16H,3-15H2,1-2H3. The van der Waals surface area contributed by atoms with E-state index in [1.807, 2.05) is 0 Å². The van der Waals surface area contributed by atoms with Gasteiger partial charge in [0, 0.05) is 11.6 Å². The fraction of sp³-hybridized carbons (Fsp3) is 0.941. The number of ether oxygens (including phenoxy) is 1. The predicted octanol–water partition coefficient (Wildman–Crippen LogP) is 6.84. The number of unbranched alkanes of at least 4 members (excludes halogenated alkanes) is 9. The first-order valence-corrected chi connectivity index (χ1v) is 8.94. The van der Waals surface area contributed by atoms with Gasteiger partial charge in [0.15, 0.2) is 0 Å². The first-order valence-electron chi connectivity index (χ1n) is 8.56. The number of hydrogen-bond donors (Lipinski definition) is 0. The van der Waals surface area contributed by atoms with Crippen LogP contribution in [0, 0.1) is 0 Å². The number of halogens is 1. The minimum atomic E-state index is -0.645. The highest BCUT2D eigenvalue weighted by molar-refractivity contribution is 6.61. The molecule has 0 aliphatic carbocycles. The molecule has 0 aliphatic heterocycles. The number of carbonyl (C=O) groups excluding carboxylic acids is 1. The summed E-state index contributed by atoms with van der Waals surface area (Å²) >= 11 is 5.35. The molecule has 20 heavy (non-hydrogen) atoms. The molecule has 1 unspecified atom stereocenters. The Kier molecular flexibility index (Phi) is 15.0. The monoisotopic (exact) mass is 304 g/mol. The van der Waals surface area contributed by atoms with E-state index in [9.17, 15) is 4.79 Å². The van der Waals surface area contributed by atoms with Gasteiger partial charge in [-0.25, -0.2) is 4.79 Å². The maximum absolute atomic E-state index is 10.9. The maximum atomic E-state index is 10.9. The van der Waals surface area contributed by atoms with Crippen LogP contribution in [0.4, 0.5) is 4.79 Å². The summed E-state index contributed by atoms with van der Waals surface area (Å²) in [4.78, 5) is 10.9. The number of hydrogen-bond acceptors (Lipinski definition) is 2. The van der Waals surface area contributed by atoms with Crippen LogP contribution in [0.1, 0.15) is 97.3 Å². The molecule has 0 N–H and O–H groups in total. The molecule has 0 spiro atoms. The van der Waals surface area contributed by atoms with Crippen LogP contribution in [0.15, 0.2) is 0 Å². The molecule has 0 amide bonds. The highest BCUT2D eigenvalue weighted by atomic mass is 35.5. The number of carbonyl (C=O) groups is 1. The average molecular weight is 305 g/mol. The van der Waals surface area contributed by atoms with Gasteiger partial charge in [0.05, 0.1) is 0 Å². The minimum absolute atomic E-state index is 0.0347. The summed E-state index contributed by atoms with van der Waals surface area (Å²) < 4.78 is 5.20. The van der Waals surface area contributed by atoms with Gasteiger partial charge in [0.25, 0.3) is 0 Å². The smallest absolute Gasteiger partial charge is 0.404 e. The Labute approximate surface area is 130 Å². The SMILES string of the molecule is CCCCCCCCCC(CCCCCC)OC(=O)Cl. The zero-order valence-electron chi connectivity index (χ0n) is 13.5. The van der Waals surface area contributed by atoms with Crippen LogP contribution in [-0.2, 0) is 4.74 Å². The Bertz CT molecular complexity index is 219. The third-order valence-electron chi connectivity index (χ3n) is 3.77. The van der Waals surface area contributed by atoms with Gasteiger partial charge in [-0.15, -0.1) is 0 Å². The quantitative estimate of drug-likeness (QED) is 0.259. The molecule has 3 heteroatoms. The minimum Gasteiger partial charge on any atom is -0.450 e. The van der Waals surface area contributed by atoms with Crippen LogP contribution < -0.4 is 0 Å². The molecule has 0 aliphatic rings. The highest BCUT2D eigenvalue weighted by Crippen LogP contribution is 2.17. The molecule has 120 valence electrons. The largest absolute Gasteiger partial charge is 0.450 e. The lowest BCUT2D eigenvalue weighted by atomic mass is 10.0. The topological polar surface area (TPSA) is 26.3 Å². The lowest BCUT2D eigenvalue weighted by Gasteiger charge is -2.16. The molecule has 0 bridgehead atoms. The maximum Gasteiger partial charge on any atom is 0.404 e. The van der Waals surface area contributed by atoms with Gasteiger partial charge in [-0.3, -0.25) is 0 Å². The van der Waals surface area contributed by atoms with Crippen LogP contribution in [-0.4, -0.2) is 11.5 Å². The molecular formula is C17H33ClO2. The molecule has 0 fully saturated rings. The zero-order chi connectivity index (χ0) is 15.1. The predicted molar refractivity (Wildman–Crippen MR) is 87.5 cm³/mol. The van der Waals surface area contributed by atoms with Crippen LogP contribution in [0.2, 0.25) is 0 Å². The molecule has 0 saturated heterocycles. The lowest BCUT2D eigenvalue weighted by Crippen LogP contribution is -2.14. The molecule has 2 nitrogen and oxygen atoms in total. The Morgan fingerprint density at radius 1 is 0.800 bits per heavy atom. The van der Waals surface area contributed by atoms with Crippen molar-refractivity contribution >= 4 is 17.0 Å². The Hall–Kier alpha value is -0.240. The van der Waals surface area contributed by atoms with Crippen molar-refractivity contribution in [3.05, 3.63) is 0 Å². The van der Waals surface area contributed by atoms with E-state index in [1.165, 1.54) is 57.8 Å². The van der Waals surface area contributed by atoms with Gasteiger partial charge >= 0.3 is 5.43 Å². The summed E-state index contributed by atoms with van der Waals surface area (Å²) in [5.74, 6) is 0. The molecule has 0 rings (SSSR count). The van der Waals surface area contributed by atoms with Crippen LogP contribution >= 0.6 is 11.6 Å². The van der Waals surface area contributed by atoms with E-state index in [0.717, 1.165) is 25.7 Å². The molecule has 0 heterocycles. The van der Waals surface area contributed by atoms with Crippen molar-refractivity contribution in [1.29, 1.82) is 0 Å². The van der Waals surface area contributed by atoms with Crippen molar-refractivity contribution in [1.82, 2.24) is 0 Å². The van der Waals surface area contributed by atoms with Crippen molar-refractivity contribution in [2.45, 2.75) is 103 Å². The van der Waals surface area contributed by atoms with Gasteiger partial charge in [0.2, 0.25) is 0 Å². The molecule has 0 aromatic rings. The van der Waals surface area contributed by atoms with Crippen LogP contribution in [0.5, 0.6) is 0 Å². The summed E-state index contributed by atoms with van der Waals surface area (Å²) in [6, 6.07) is 0. The zero-order valence-corrected chi connectivity index (χ0v) is 14.2.